The molecular weight excluding hydrogens is 344 g/mol. The molecule has 0 unspecified atom stereocenters. The normalized spacial score (nSPS) is 15.5. The lowest BCUT2D eigenvalue weighted by atomic mass is 10.1. The fourth-order valence-corrected chi connectivity index (χ4v) is 3.37. The van der Waals surface area contributed by atoms with Crippen molar-refractivity contribution in [2.75, 3.05) is 17.3 Å². The quantitative estimate of drug-likeness (QED) is 0.748. The molecule has 1 aromatic carbocycles. The minimum absolute atomic E-state index is 0.282. The molecule has 4 rings (SSSR count). The van der Waals surface area contributed by atoms with Gasteiger partial charge in [0.2, 0.25) is 5.88 Å². The Morgan fingerprint density at radius 1 is 1.30 bits per heavy atom. The Morgan fingerprint density at radius 3 is 2.93 bits per heavy atom. The van der Waals surface area contributed by atoms with Crippen LogP contribution in [0.2, 0.25) is 0 Å². The van der Waals surface area contributed by atoms with Crippen molar-refractivity contribution in [2.45, 2.75) is 25.9 Å². The van der Waals surface area contributed by atoms with Crippen LogP contribution in [0.3, 0.4) is 0 Å². The molecule has 0 saturated carbocycles. The number of hydrogen-bond acceptors (Lipinski definition) is 6. The highest BCUT2D eigenvalue weighted by Gasteiger charge is 2.27. The number of para-hydroxylation sites is 1. The zero-order valence-electron chi connectivity index (χ0n) is 15.2. The Hall–Kier alpha value is -3.35. The van der Waals surface area contributed by atoms with Crippen LogP contribution in [0.5, 0.6) is 5.88 Å². The molecule has 1 N–H and O–H groups in total. The van der Waals surface area contributed by atoms with E-state index in [2.05, 4.69) is 45.3 Å². The first kappa shape index (κ1) is 17.1. The van der Waals surface area contributed by atoms with Crippen LogP contribution in [0.1, 0.15) is 28.6 Å². The van der Waals surface area contributed by atoms with E-state index in [4.69, 9.17) is 9.15 Å². The van der Waals surface area contributed by atoms with Crippen molar-refractivity contribution in [1.82, 2.24) is 9.97 Å². The number of nitrogens with one attached hydrogen (secondary N) is 1. The second-order valence-corrected chi connectivity index (χ2v) is 6.48. The van der Waals surface area contributed by atoms with Crippen molar-refractivity contribution in [2.24, 2.45) is 0 Å². The number of nitrogens with zero attached hydrogens (tertiary/aromatic N) is 3. The lowest BCUT2D eigenvalue weighted by Crippen LogP contribution is -2.29. The van der Waals surface area contributed by atoms with Gasteiger partial charge in [-0.3, -0.25) is 4.79 Å². The van der Waals surface area contributed by atoms with Gasteiger partial charge in [-0.2, -0.15) is 0 Å². The van der Waals surface area contributed by atoms with Crippen molar-refractivity contribution >= 4 is 17.4 Å². The third-order valence-electron chi connectivity index (χ3n) is 4.72. The first-order valence-electron chi connectivity index (χ1n) is 8.74. The number of benzene rings is 1. The van der Waals surface area contributed by atoms with Gasteiger partial charge < -0.3 is 19.4 Å². The van der Waals surface area contributed by atoms with E-state index < -0.39 is 0 Å². The van der Waals surface area contributed by atoms with Crippen LogP contribution in [0, 0.1) is 0 Å². The maximum Gasteiger partial charge on any atom is 0.292 e. The van der Waals surface area contributed by atoms with Gasteiger partial charge in [-0.1, -0.05) is 18.2 Å². The molecular formula is C20H20N4O3. The second kappa shape index (κ2) is 7.11. The summed E-state index contributed by atoms with van der Waals surface area (Å²) in [6.45, 7) is 2.79. The van der Waals surface area contributed by atoms with Crippen molar-refractivity contribution in [3.05, 3.63) is 65.9 Å². The number of methoxy groups -OCH3 is 1. The van der Waals surface area contributed by atoms with E-state index in [0.29, 0.717) is 24.3 Å². The number of amides is 1. The lowest BCUT2D eigenvalue weighted by Gasteiger charge is -2.24. The summed E-state index contributed by atoms with van der Waals surface area (Å²) in [6, 6.07) is 10.6. The van der Waals surface area contributed by atoms with Gasteiger partial charge in [-0.25, -0.2) is 9.97 Å². The van der Waals surface area contributed by atoms with Crippen molar-refractivity contribution in [1.29, 1.82) is 0 Å². The van der Waals surface area contributed by atoms with Crippen molar-refractivity contribution < 1.29 is 13.9 Å². The largest absolute Gasteiger partial charge is 0.480 e. The standard InChI is InChI=1S/C20H20N4O3/c1-13-9-14-5-3-4-6-16(14)24(13)12-15-7-8-27-19(15)20(25)23-17-10-22-18(26-2)11-21-17/h3-8,10-11,13H,9,12H2,1-2H3,(H,21,23,25)/t13-/m0/s1. The fourth-order valence-electron chi connectivity index (χ4n) is 3.37. The van der Waals surface area contributed by atoms with Crippen LogP contribution in [-0.4, -0.2) is 29.0 Å². The zero-order valence-corrected chi connectivity index (χ0v) is 15.2. The van der Waals surface area contributed by atoms with Crippen LogP contribution >= 0.6 is 0 Å². The highest BCUT2D eigenvalue weighted by molar-refractivity contribution is 6.02. The molecule has 2 aromatic heterocycles. The third kappa shape index (κ3) is 3.36. The summed E-state index contributed by atoms with van der Waals surface area (Å²) < 4.78 is 10.4. The van der Waals surface area contributed by atoms with Gasteiger partial charge in [-0.15, -0.1) is 0 Å². The SMILES string of the molecule is COc1cnc(NC(=O)c2occc2CN2c3ccccc3C[C@@H]2C)cn1. The molecule has 0 saturated heterocycles. The van der Waals surface area contributed by atoms with Gasteiger partial charge in [0.25, 0.3) is 5.91 Å². The Balaban J connectivity index is 1.51. The molecule has 0 spiro atoms. The zero-order chi connectivity index (χ0) is 18.8. The molecule has 0 bridgehead atoms. The molecule has 1 aliphatic heterocycles. The molecule has 1 amide bonds. The number of hydrogen-bond donors (Lipinski definition) is 1. The topological polar surface area (TPSA) is 80.5 Å². The molecule has 1 aliphatic rings. The van der Waals surface area contributed by atoms with E-state index in [1.54, 1.807) is 0 Å². The van der Waals surface area contributed by atoms with Gasteiger partial charge in [0, 0.05) is 23.8 Å². The summed E-state index contributed by atoms with van der Waals surface area (Å²) in [5.41, 5.74) is 3.36. The first-order valence-corrected chi connectivity index (χ1v) is 8.74. The molecule has 27 heavy (non-hydrogen) atoms. The van der Waals surface area contributed by atoms with Crippen molar-refractivity contribution in [3.63, 3.8) is 0 Å². The maximum atomic E-state index is 12.6. The summed E-state index contributed by atoms with van der Waals surface area (Å²) in [5, 5.41) is 2.71. The highest BCUT2D eigenvalue weighted by Crippen LogP contribution is 2.33. The second-order valence-electron chi connectivity index (χ2n) is 6.48. The van der Waals surface area contributed by atoms with E-state index in [0.717, 1.165) is 12.0 Å². The van der Waals surface area contributed by atoms with Crippen LogP contribution in [0.4, 0.5) is 11.5 Å². The van der Waals surface area contributed by atoms with E-state index in [1.165, 1.54) is 37.0 Å². The smallest absolute Gasteiger partial charge is 0.292 e. The van der Waals surface area contributed by atoms with Gasteiger partial charge in [0.1, 0.15) is 0 Å². The number of aromatic nitrogens is 2. The van der Waals surface area contributed by atoms with E-state index in [9.17, 15) is 4.79 Å². The molecule has 7 nitrogen and oxygen atoms in total. The Kier molecular flexibility index (Phi) is 4.50. The number of rotatable bonds is 5. The summed E-state index contributed by atoms with van der Waals surface area (Å²) in [4.78, 5) is 23.1. The van der Waals surface area contributed by atoms with Crippen LogP contribution in [-0.2, 0) is 13.0 Å². The summed E-state index contributed by atoms with van der Waals surface area (Å²) in [5.74, 6) is 0.648. The minimum atomic E-state index is -0.352. The highest BCUT2D eigenvalue weighted by atomic mass is 16.5. The van der Waals surface area contributed by atoms with Crippen LogP contribution in [0.25, 0.3) is 0 Å². The maximum absolute atomic E-state index is 12.6. The number of carbonyl (C=O) groups excluding carboxylic acids is 1. The molecule has 138 valence electrons. The summed E-state index contributed by atoms with van der Waals surface area (Å²) >= 11 is 0. The lowest BCUT2D eigenvalue weighted by molar-refractivity contribution is 0.0995. The Bertz CT molecular complexity index is 952. The molecule has 7 heteroatoms. The fraction of sp³-hybridized carbons (Fsp3) is 0.250. The van der Waals surface area contributed by atoms with Crippen LogP contribution in [0.15, 0.2) is 53.4 Å². The van der Waals surface area contributed by atoms with E-state index in [-0.39, 0.29) is 11.7 Å². The van der Waals surface area contributed by atoms with E-state index in [1.807, 2.05) is 12.1 Å². The molecule has 0 aliphatic carbocycles. The molecule has 3 aromatic rings. The predicted molar refractivity (Wildman–Crippen MR) is 101 cm³/mol. The number of fused-ring (bicyclic) bond motifs is 1. The van der Waals surface area contributed by atoms with Gasteiger partial charge in [0.15, 0.2) is 11.6 Å². The number of anilines is 2. The van der Waals surface area contributed by atoms with Crippen LogP contribution < -0.4 is 15.0 Å². The average molecular weight is 364 g/mol. The van der Waals surface area contributed by atoms with E-state index >= 15 is 0 Å². The Morgan fingerprint density at radius 2 is 2.15 bits per heavy atom. The molecule has 1 atom stereocenters. The molecule has 3 heterocycles. The minimum Gasteiger partial charge on any atom is -0.480 e. The van der Waals surface area contributed by atoms with Gasteiger partial charge in [0.05, 0.1) is 25.8 Å². The molecule has 0 radical (unpaired) electrons. The van der Waals surface area contributed by atoms with Crippen molar-refractivity contribution in [3.8, 4) is 5.88 Å². The van der Waals surface area contributed by atoms with Gasteiger partial charge in [-0.05, 0) is 31.0 Å². The number of furan rings is 1. The third-order valence-corrected chi connectivity index (χ3v) is 4.72. The monoisotopic (exact) mass is 364 g/mol. The number of carbonyl (C=O) groups is 1. The average Bonchev–Trinajstić information content (AvgIpc) is 3.27. The number of ether oxygens (including phenoxy) is 1. The summed E-state index contributed by atoms with van der Waals surface area (Å²) in [7, 11) is 1.51. The molecule has 0 fully saturated rings. The van der Waals surface area contributed by atoms with Gasteiger partial charge >= 0.3 is 0 Å². The predicted octanol–water partition coefficient (Wildman–Crippen LogP) is 3.28. The Labute approximate surface area is 157 Å². The first-order chi connectivity index (χ1) is 13.2. The summed E-state index contributed by atoms with van der Waals surface area (Å²) in [6.07, 6.45) is 5.42.